The Morgan fingerprint density at radius 3 is 2.72 bits per heavy atom. The molecule has 0 atom stereocenters. The van der Waals surface area contributed by atoms with E-state index in [2.05, 4.69) is 33.2 Å². The van der Waals surface area contributed by atoms with Gasteiger partial charge in [-0.3, -0.25) is 14.5 Å². The summed E-state index contributed by atoms with van der Waals surface area (Å²) in [5.41, 5.74) is 3.79. The van der Waals surface area contributed by atoms with E-state index >= 15 is 0 Å². The molecule has 0 aliphatic carbocycles. The summed E-state index contributed by atoms with van der Waals surface area (Å²) in [5, 5.41) is 5.31. The highest BCUT2D eigenvalue weighted by atomic mass is 16.1. The smallest absolute Gasteiger partial charge is 0.255 e. The molecular formula is C23H25N5O. The zero-order valence-corrected chi connectivity index (χ0v) is 16.8. The molecule has 3 heterocycles. The van der Waals surface area contributed by atoms with Gasteiger partial charge in [0.15, 0.2) is 0 Å². The van der Waals surface area contributed by atoms with Crippen molar-refractivity contribution in [3.8, 4) is 0 Å². The minimum atomic E-state index is 0.0414. The minimum Gasteiger partial charge on any atom is -0.302 e. The predicted octanol–water partition coefficient (Wildman–Crippen LogP) is 3.08. The summed E-state index contributed by atoms with van der Waals surface area (Å²) in [6.07, 6.45) is 5.49. The summed E-state index contributed by atoms with van der Waals surface area (Å²) in [4.78, 5) is 19.9. The number of hydrogen-bond acceptors (Lipinski definition) is 4. The summed E-state index contributed by atoms with van der Waals surface area (Å²) in [7, 11) is 2.03. The Morgan fingerprint density at radius 2 is 1.97 bits per heavy atom. The van der Waals surface area contributed by atoms with Crippen LogP contribution in [0.5, 0.6) is 0 Å². The zero-order valence-electron chi connectivity index (χ0n) is 16.8. The first-order chi connectivity index (χ1) is 14.1. The van der Waals surface area contributed by atoms with Gasteiger partial charge in [0.1, 0.15) is 0 Å². The van der Waals surface area contributed by atoms with E-state index in [9.17, 15) is 4.79 Å². The van der Waals surface area contributed by atoms with E-state index in [0.29, 0.717) is 13.1 Å². The first-order valence-corrected chi connectivity index (χ1v) is 9.79. The number of nitrogens with zero attached hydrogens (tertiary/aromatic N) is 5. The number of rotatable bonds is 7. The van der Waals surface area contributed by atoms with E-state index in [1.807, 2.05) is 59.7 Å². The van der Waals surface area contributed by atoms with Crippen LogP contribution in [-0.2, 0) is 19.6 Å². The third-order valence-corrected chi connectivity index (χ3v) is 5.08. The standard InChI is InChI=1S/C23H25N5O/c1-18-7-8-19-15-20(16-26(2)12-13-27-11-5-10-25-27)23(29)28(22(19)14-18)17-21-6-3-4-9-24-21/h3-11,14-15H,12-13,16-17H2,1-2H3. The molecule has 0 saturated carbocycles. The molecule has 0 fully saturated rings. The van der Waals surface area contributed by atoms with Crippen LogP contribution < -0.4 is 5.56 Å². The summed E-state index contributed by atoms with van der Waals surface area (Å²) in [6.45, 7) is 4.70. The average molecular weight is 387 g/mol. The van der Waals surface area contributed by atoms with E-state index in [1.165, 1.54) is 0 Å². The van der Waals surface area contributed by atoms with E-state index < -0.39 is 0 Å². The fourth-order valence-corrected chi connectivity index (χ4v) is 3.54. The average Bonchev–Trinajstić information content (AvgIpc) is 3.24. The fraction of sp³-hybridized carbons (Fsp3) is 0.261. The molecule has 0 unspecified atom stereocenters. The number of aryl methyl sites for hydroxylation is 1. The molecule has 1 aromatic carbocycles. The fourth-order valence-electron chi connectivity index (χ4n) is 3.54. The lowest BCUT2D eigenvalue weighted by Gasteiger charge is -2.19. The molecular weight excluding hydrogens is 362 g/mol. The number of hydrogen-bond donors (Lipinski definition) is 0. The second kappa shape index (κ2) is 8.41. The molecule has 0 N–H and O–H groups in total. The monoisotopic (exact) mass is 387 g/mol. The van der Waals surface area contributed by atoms with Gasteiger partial charge < -0.3 is 9.47 Å². The largest absolute Gasteiger partial charge is 0.302 e. The lowest BCUT2D eigenvalue weighted by molar-refractivity contribution is 0.303. The van der Waals surface area contributed by atoms with E-state index in [1.54, 1.807) is 12.4 Å². The van der Waals surface area contributed by atoms with Crippen LogP contribution in [0.1, 0.15) is 16.8 Å². The number of pyridine rings is 2. The summed E-state index contributed by atoms with van der Waals surface area (Å²) in [6, 6.07) is 16.0. The van der Waals surface area contributed by atoms with Gasteiger partial charge in [0.25, 0.3) is 5.56 Å². The third kappa shape index (κ3) is 4.43. The lowest BCUT2D eigenvalue weighted by Crippen LogP contribution is -2.30. The van der Waals surface area contributed by atoms with Gasteiger partial charge in [-0.1, -0.05) is 18.2 Å². The molecule has 0 aliphatic heterocycles. The number of aromatic nitrogens is 4. The highest BCUT2D eigenvalue weighted by Gasteiger charge is 2.12. The molecule has 6 nitrogen and oxygen atoms in total. The van der Waals surface area contributed by atoms with Gasteiger partial charge in [0.05, 0.1) is 24.3 Å². The van der Waals surface area contributed by atoms with Crippen LogP contribution >= 0.6 is 0 Å². The second-order valence-electron chi connectivity index (χ2n) is 7.45. The molecule has 6 heteroatoms. The Hall–Kier alpha value is -3.25. The van der Waals surface area contributed by atoms with Crippen molar-refractivity contribution >= 4 is 10.9 Å². The van der Waals surface area contributed by atoms with Crippen molar-refractivity contribution in [3.05, 3.63) is 94.3 Å². The van der Waals surface area contributed by atoms with Gasteiger partial charge in [0.2, 0.25) is 0 Å². The maximum Gasteiger partial charge on any atom is 0.255 e. The number of fused-ring (bicyclic) bond motifs is 1. The molecule has 0 saturated heterocycles. The molecule has 0 amide bonds. The van der Waals surface area contributed by atoms with Crippen LogP contribution in [0.3, 0.4) is 0 Å². The summed E-state index contributed by atoms with van der Waals surface area (Å²) < 4.78 is 3.75. The Kier molecular flexibility index (Phi) is 5.53. The van der Waals surface area contributed by atoms with E-state index in [4.69, 9.17) is 0 Å². The molecule has 148 valence electrons. The molecule has 4 aromatic rings. The molecule has 0 aliphatic rings. The van der Waals surface area contributed by atoms with Crippen molar-refractivity contribution in [2.24, 2.45) is 0 Å². The van der Waals surface area contributed by atoms with Gasteiger partial charge in [-0.2, -0.15) is 5.10 Å². The van der Waals surface area contributed by atoms with Gasteiger partial charge in [-0.05, 0) is 55.3 Å². The lowest BCUT2D eigenvalue weighted by atomic mass is 10.1. The van der Waals surface area contributed by atoms with Crippen molar-refractivity contribution in [1.82, 2.24) is 24.2 Å². The van der Waals surface area contributed by atoms with Crippen molar-refractivity contribution < 1.29 is 0 Å². The first-order valence-electron chi connectivity index (χ1n) is 9.79. The maximum atomic E-state index is 13.4. The zero-order chi connectivity index (χ0) is 20.2. The Labute approximate surface area is 170 Å². The van der Waals surface area contributed by atoms with Crippen LogP contribution in [0.2, 0.25) is 0 Å². The Morgan fingerprint density at radius 1 is 1.07 bits per heavy atom. The van der Waals surface area contributed by atoms with Crippen molar-refractivity contribution in [2.75, 3.05) is 13.6 Å². The van der Waals surface area contributed by atoms with Crippen molar-refractivity contribution in [2.45, 2.75) is 26.6 Å². The third-order valence-electron chi connectivity index (χ3n) is 5.08. The molecule has 4 rings (SSSR count). The van der Waals surface area contributed by atoms with Crippen LogP contribution in [0.15, 0.2) is 71.9 Å². The topological polar surface area (TPSA) is 56.0 Å². The Bertz CT molecular complexity index is 1150. The molecule has 29 heavy (non-hydrogen) atoms. The van der Waals surface area contributed by atoms with Crippen LogP contribution in [0.25, 0.3) is 10.9 Å². The van der Waals surface area contributed by atoms with E-state index in [-0.39, 0.29) is 5.56 Å². The molecule has 0 bridgehead atoms. The van der Waals surface area contributed by atoms with Crippen LogP contribution in [0.4, 0.5) is 0 Å². The number of likely N-dealkylation sites (N-methyl/N-ethyl adjacent to an activating group) is 1. The maximum absolute atomic E-state index is 13.4. The van der Waals surface area contributed by atoms with E-state index in [0.717, 1.165) is 40.8 Å². The van der Waals surface area contributed by atoms with Crippen LogP contribution in [0, 0.1) is 6.92 Å². The normalized spacial score (nSPS) is 11.4. The second-order valence-corrected chi connectivity index (χ2v) is 7.45. The summed E-state index contributed by atoms with van der Waals surface area (Å²) in [5.74, 6) is 0. The minimum absolute atomic E-state index is 0.0414. The van der Waals surface area contributed by atoms with Gasteiger partial charge in [0, 0.05) is 37.2 Å². The molecule has 0 radical (unpaired) electrons. The van der Waals surface area contributed by atoms with Crippen molar-refractivity contribution in [3.63, 3.8) is 0 Å². The van der Waals surface area contributed by atoms with Gasteiger partial charge in [-0.15, -0.1) is 0 Å². The Balaban J connectivity index is 1.66. The number of benzene rings is 1. The first kappa shape index (κ1) is 19.1. The predicted molar refractivity (Wildman–Crippen MR) is 115 cm³/mol. The highest BCUT2D eigenvalue weighted by molar-refractivity contribution is 5.80. The van der Waals surface area contributed by atoms with Gasteiger partial charge >= 0.3 is 0 Å². The highest BCUT2D eigenvalue weighted by Crippen LogP contribution is 2.17. The van der Waals surface area contributed by atoms with Gasteiger partial charge in [-0.25, -0.2) is 0 Å². The quantitative estimate of drug-likeness (QED) is 0.489. The summed E-state index contributed by atoms with van der Waals surface area (Å²) >= 11 is 0. The molecule has 0 spiro atoms. The van der Waals surface area contributed by atoms with Crippen LogP contribution in [-0.4, -0.2) is 37.8 Å². The van der Waals surface area contributed by atoms with Crippen molar-refractivity contribution in [1.29, 1.82) is 0 Å². The molecule has 3 aromatic heterocycles. The SMILES string of the molecule is Cc1ccc2cc(CN(C)CCn3cccn3)c(=O)n(Cc3ccccn3)c2c1.